The highest BCUT2D eigenvalue weighted by Gasteiger charge is 2.01. The van der Waals surface area contributed by atoms with Crippen molar-refractivity contribution >= 4 is 5.91 Å². The molecule has 10 heteroatoms. The van der Waals surface area contributed by atoms with Gasteiger partial charge < -0.3 is 43.8 Å². The van der Waals surface area contributed by atoms with Crippen molar-refractivity contribution in [3.05, 3.63) is 0 Å². The minimum atomic E-state index is -0.141. The van der Waals surface area contributed by atoms with Gasteiger partial charge in [-0.1, -0.05) is 13.8 Å². The molecule has 0 fully saturated rings. The van der Waals surface area contributed by atoms with Crippen molar-refractivity contribution in [3.8, 4) is 0 Å². The Morgan fingerprint density at radius 3 is 1.55 bits per heavy atom. The summed E-state index contributed by atoms with van der Waals surface area (Å²) in [5, 5.41) is 6.14. The number of carbonyl (C=O) groups excluding carboxylic acids is 1. The average molecular weight is 485 g/mol. The van der Waals surface area contributed by atoms with E-state index < -0.39 is 0 Å². The fourth-order valence-corrected chi connectivity index (χ4v) is 2.43. The van der Waals surface area contributed by atoms with E-state index in [2.05, 4.69) is 24.5 Å². The van der Waals surface area contributed by atoms with Crippen LogP contribution in [0.5, 0.6) is 0 Å². The highest BCUT2D eigenvalue weighted by Crippen LogP contribution is 1.87. The van der Waals surface area contributed by atoms with Gasteiger partial charge in [0.2, 0.25) is 5.91 Å². The number of hydrogen-bond acceptors (Lipinski definition) is 9. The summed E-state index contributed by atoms with van der Waals surface area (Å²) < 4.78 is 37.5. The molecule has 0 heterocycles. The summed E-state index contributed by atoms with van der Waals surface area (Å²) >= 11 is 0. The van der Waals surface area contributed by atoms with E-state index in [0.29, 0.717) is 91.9 Å². The van der Waals surface area contributed by atoms with Crippen LogP contribution in [0.15, 0.2) is 0 Å². The molecular weight excluding hydrogens is 432 g/mol. The van der Waals surface area contributed by atoms with E-state index >= 15 is 0 Å². The van der Waals surface area contributed by atoms with Gasteiger partial charge in [-0.3, -0.25) is 4.79 Å². The van der Waals surface area contributed by atoms with Gasteiger partial charge in [0.05, 0.1) is 66.1 Å². The second-order valence-corrected chi connectivity index (χ2v) is 7.48. The molecule has 33 heavy (non-hydrogen) atoms. The Kier molecular flexibility index (Phi) is 26.7. The third kappa shape index (κ3) is 29.1. The minimum absolute atomic E-state index is 0. The van der Waals surface area contributed by atoms with Crippen LogP contribution in [0.2, 0.25) is 0 Å². The van der Waals surface area contributed by atoms with Gasteiger partial charge in [-0.15, -0.1) is 0 Å². The van der Waals surface area contributed by atoms with Crippen molar-refractivity contribution in [2.75, 3.05) is 106 Å². The second-order valence-electron chi connectivity index (χ2n) is 7.48. The molecular formula is C23H52N2O8. The Balaban J connectivity index is -0.00000512. The van der Waals surface area contributed by atoms with Crippen LogP contribution in [0, 0.1) is 0 Å². The molecule has 0 aromatic rings. The maximum absolute atomic E-state index is 11.7. The number of nitrogens with one attached hydrogen (secondary N) is 2. The number of amides is 1. The summed E-state index contributed by atoms with van der Waals surface area (Å²) in [7, 11) is 0. The number of hydrogen-bond donors (Lipinski definition) is 2. The highest BCUT2D eigenvalue weighted by molar-refractivity contribution is 5.77. The molecule has 2 N–H and O–H groups in total. The Bertz CT molecular complexity index is 414. The van der Waals surface area contributed by atoms with E-state index in [4.69, 9.17) is 33.2 Å². The van der Waals surface area contributed by atoms with E-state index in [1.54, 1.807) is 0 Å². The van der Waals surface area contributed by atoms with Crippen LogP contribution >= 0.6 is 0 Å². The molecule has 0 aliphatic carbocycles. The van der Waals surface area contributed by atoms with E-state index in [9.17, 15) is 4.79 Å². The molecule has 0 aliphatic rings. The summed E-state index contributed by atoms with van der Waals surface area (Å²) in [5.41, 5.74) is 0. The van der Waals surface area contributed by atoms with E-state index in [1.807, 2.05) is 6.92 Å². The Hall–Kier alpha value is -0.850. The molecule has 0 saturated heterocycles. The topological polar surface area (TPSA) is 106 Å². The summed E-state index contributed by atoms with van der Waals surface area (Å²) in [5.74, 6) is -0.141. The molecule has 1 amide bonds. The third-order valence-electron chi connectivity index (χ3n) is 4.10. The molecule has 0 aromatic carbocycles. The van der Waals surface area contributed by atoms with Gasteiger partial charge in [-0.25, -0.2) is 0 Å². The van der Waals surface area contributed by atoms with Crippen LogP contribution < -0.4 is 10.6 Å². The van der Waals surface area contributed by atoms with Crippen molar-refractivity contribution < 1.29 is 40.8 Å². The number of carbonyl (C=O) groups is 1. The zero-order valence-electron chi connectivity index (χ0n) is 21.1. The standard InChI is InChI=1S/C23H48N2O8.2H2/c1-4-27-11-12-30-17-18-32-19-20-33-21-23(26)25-8-6-10-29-14-16-31-15-13-28-9-5-7-24-22(2)3;;/h22,24H,4-21H2,1-3H3,(H,25,26);2*1H. The fourth-order valence-electron chi connectivity index (χ4n) is 2.43. The minimum Gasteiger partial charge on any atom is -0.379 e. The maximum atomic E-state index is 11.7. The van der Waals surface area contributed by atoms with Crippen LogP contribution in [0.25, 0.3) is 0 Å². The Morgan fingerprint density at radius 2 is 1.06 bits per heavy atom. The van der Waals surface area contributed by atoms with E-state index in [1.165, 1.54) is 0 Å². The van der Waals surface area contributed by atoms with Crippen molar-refractivity contribution in [1.82, 2.24) is 10.6 Å². The van der Waals surface area contributed by atoms with Crippen molar-refractivity contribution in [2.45, 2.75) is 39.7 Å². The van der Waals surface area contributed by atoms with Gasteiger partial charge in [-0.05, 0) is 26.3 Å². The molecule has 0 atom stereocenters. The van der Waals surface area contributed by atoms with Gasteiger partial charge >= 0.3 is 0 Å². The Morgan fingerprint density at radius 1 is 0.636 bits per heavy atom. The average Bonchev–Trinajstić information content (AvgIpc) is 2.79. The predicted octanol–water partition coefficient (Wildman–Crippen LogP) is 1.51. The van der Waals surface area contributed by atoms with E-state index in [0.717, 1.165) is 26.0 Å². The SMILES string of the molecule is CCOCCOCCOCCOCC(=O)NCCCOCCOCCOCCCNC(C)C.[HH].[HH]. The fraction of sp³-hybridized carbons (Fsp3) is 0.957. The summed E-state index contributed by atoms with van der Waals surface area (Å²) in [6, 6.07) is 0.516. The maximum Gasteiger partial charge on any atom is 0.246 e. The van der Waals surface area contributed by atoms with Crippen LogP contribution in [-0.4, -0.2) is 118 Å². The highest BCUT2D eigenvalue weighted by atomic mass is 16.6. The molecule has 0 rings (SSSR count). The second kappa shape index (κ2) is 27.4. The zero-order valence-corrected chi connectivity index (χ0v) is 21.1. The molecule has 202 valence electrons. The quantitative estimate of drug-likeness (QED) is 0.168. The summed E-state index contributed by atoms with van der Waals surface area (Å²) in [6.45, 7) is 15.0. The van der Waals surface area contributed by atoms with Crippen molar-refractivity contribution in [1.29, 1.82) is 0 Å². The monoisotopic (exact) mass is 484 g/mol. The third-order valence-corrected chi connectivity index (χ3v) is 4.10. The first-order chi connectivity index (χ1) is 16.2. The van der Waals surface area contributed by atoms with Gasteiger partial charge in [0, 0.05) is 35.3 Å². The largest absolute Gasteiger partial charge is 0.379 e. The molecule has 0 spiro atoms. The molecule has 0 saturated carbocycles. The lowest BCUT2D eigenvalue weighted by molar-refractivity contribution is -0.126. The first-order valence-electron chi connectivity index (χ1n) is 12.2. The number of ether oxygens (including phenoxy) is 7. The molecule has 0 aromatic heterocycles. The van der Waals surface area contributed by atoms with E-state index in [-0.39, 0.29) is 15.4 Å². The Labute approximate surface area is 203 Å². The lowest BCUT2D eigenvalue weighted by atomic mass is 10.3. The molecule has 0 aliphatic heterocycles. The van der Waals surface area contributed by atoms with Crippen LogP contribution in [0.1, 0.15) is 36.5 Å². The molecule has 0 bridgehead atoms. The van der Waals surface area contributed by atoms with Crippen LogP contribution in [0.3, 0.4) is 0 Å². The molecule has 0 radical (unpaired) electrons. The van der Waals surface area contributed by atoms with Gasteiger partial charge in [0.15, 0.2) is 0 Å². The van der Waals surface area contributed by atoms with Crippen molar-refractivity contribution in [3.63, 3.8) is 0 Å². The van der Waals surface area contributed by atoms with Crippen LogP contribution in [-0.2, 0) is 38.0 Å². The lowest BCUT2D eigenvalue weighted by Crippen LogP contribution is -2.29. The first-order valence-corrected chi connectivity index (χ1v) is 12.2. The van der Waals surface area contributed by atoms with Crippen LogP contribution in [0.4, 0.5) is 0 Å². The first kappa shape index (κ1) is 32.1. The lowest BCUT2D eigenvalue weighted by Gasteiger charge is -2.09. The number of rotatable bonds is 27. The zero-order chi connectivity index (χ0) is 24.2. The normalized spacial score (nSPS) is 11.4. The van der Waals surface area contributed by atoms with Gasteiger partial charge in [0.1, 0.15) is 6.61 Å². The predicted molar refractivity (Wildman–Crippen MR) is 131 cm³/mol. The van der Waals surface area contributed by atoms with Gasteiger partial charge in [-0.2, -0.15) is 0 Å². The smallest absolute Gasteiger partial charge is 0.246 e. The summed E-state index contributed by atoms with van der Waals surface area (Å²) in [6.07, 6.45) is 1.75. The summed E-state index contributed by atoms with van der Waals surface area (Å²) in [4.78, 5) is 11.7. The van der Waals surface area contributed by atoms with Crippen molar-refractivity contribution in [2.24, 2.45) is 0 Å². The molecule has 0 unspecified atom stereocenters. The van der Waals surface area contributed by atoms with Gasteiger partial charge in [0.25, 0.3) is 0 Å². The molecule has 10 nitrogen and oxygen atoms in total.